The number of piperidine rings is 1. The first kappa shape index (κ1) is 26.6. The van der Waals surface area contributed by atoms with Crippen molar-refractivity contribution < 1.29 is 26.4 Å². The van der Waals surface area contributed by atoms with Gasteiger partial charge >= 0.3 is 0 Å². The van der Waals surface area contributed by atoms with E-state index in [2.05, 4.69) is 10.0 Å². The number of carbonyl (C=O) groups is 1. The predicted octanol–water partition coefficient (Wildman–Crippen LogP) is 3.47. The summed E-state index contributed by atoms with van der Waals surface area (Å²) in [6, 6.07) is 20.4. The van der Waals surface area contributed by atoms with Crippen molar-refractivity contribution in [3.63, 3.8) is 0 Å². The number of amides is 1. The normalized spacial score (nSPS) is 14.6. The molecule has 0 spiro atoms. The van der Waals surface area contributed by atoms with Gasteiger partial charge in [-0.3, -0.25) is 9.52 Å². The molecule has 1 saturated heterocycles. The van der Waals surface area contributed by atoms with E-state index < -0.39 is 20.0 Å². The van der Waals surface area contributed by atoms with E-state index in [1.165, 1.54) is 34.6 Å². The maximum absolute atomic E-state index is 12.7. The molecule has 37 heavy (non-hydrogen) atoms. The number of rotatable bonds is 10. The van der Waals surface area contributed by atoms with Crippen molar-refractivity contribution >= 4 is 31.6 Å². The zero-order valence-corrected chi connectivity index (χ0v) is 21.8. The van der Waals surface area contributed by atoms with Crippen LogP contribution >= 0.6 is 0 Å². The highest BCUT2D eigenvalue weighted by Gasteiger charge is 2.25. The zero-order valence-electron chi connectivity index (χ0n) is 20.2. The molecule has 0 aromatic heterocycles. The lowest BCUT2D eigenvalue weighted by Crippen LogP contribution is -2.35. The topological polar surface area (TPSA) is 122 Å². The Balaban J connectivity index is 1.27. The van der Waals surface area contributed by atoms with E-state index in [1.807, 2.05) is 0 Å². The van der Waals surface area contributed by atoms with Crippen molar-refractivity contribution in [1.82, 2.24) is 9.62 Å². The first-order valence-electron chi connectivity index (χ1n) is 11.9. The number of ether oxygens (including phenoxy) is 1. The fourth-order valence-electron chi connectivity index (χ4n) is 3.94. The van der Waals surface area contributed by atoms with Crippen LogP contribution in [0.4, 0.5) is 5.69 Å². The van der Waals surface area contributed by atoms with Crippen LogP contribution < -0.4 is 14.8 Å². The summed E-state index contributed by atoms with van der Waals surface area (Å²) in [4.78, 5) is 12.9. The second-order valence-electron chi connectivity index (χ2n) is 8.54. The number of benzene rings is 3. The van der Waals surface area contributed by atoms with Crippen LogP contribution in [0.3, 0.4) is 0 Å². The highest BCUT2D eigenvalue weighted by Crippen LogP contribution is 2.23. The molecule has 1 aliphatic heterocycles. The number of nitrogens with one attached hydrogen (secondary N) is 2. The number of carbonyl (C=O) groups excluding carboxylic acids is 1. The summed E-state index contributed by atoms with van der Waals surface area (Å²) in [5.41, 5.74) is 0.563. The van der Waals surface area contributed by atoms with Crippen molar-refractivity contribution in [2.24, 2.45) is 0 Å². The van der Waals surface area contributed by atoms with Gasteiger partial charge in [0.1, 0.15) is 12.4 Å². The summed E-state index contributed by atoms with van der Waals surface area (Å²) < 4.78 is 60.1. The van der Waals surface area contributed by atoms with Gasteiger partial charge in [-0.25, -0.2) is 16.8 Å². The van der Waals surface area contributed by atoms with Crippen molar-refractivity contribution in [1.29, 1.82) is 0 Å². The van der Waals surface area contributed by atoms with E-state index in [0.29, 0.717) is 24.4 Å². The Morgan fingerprint density at radius 1 is 0.811 bits per heavy atom. The summed E-state index contributed by atoms with van der Waals surface area (Å²) in [5.74, 6) is 0.108. The van der Waals surface area contributed by atoms with Crippen molar-refractivity contribution in [2.75, 3.05) is 31.0 Å². The first-order valence-corrected chi connectivity index (χ1v) is 14.9. The molecule has 0 aliphatic carbocycles. The van der Waals surface area contributed by atoms with E-state index in [4.69, 9.17) is 4.74 Å². The Morgan fingerprint density at radius 2 is 1.51 bits per heavy atom. The highest BCUT2D eigenvalue weighted by atomic mass is 32.2. The molecule has 0 bridgehead atoms. The molecule has 1 fully saturated rings. The highest BCUT2D eigenvalue weighted by molar-refractivity contribution is 7.92. The first-order chi connectivity index (χ1) is 17.8. The van der Waals surface area contributed by atoms with Crippen LogP contribution in [-0.4, -0.2) is 53.3 Å². The van der Waals surface area contributed by atoms with Gasteiger partial charge in [-0.05, 0) is 67.4 Å². The maximum atomic E-state index is 12.7. The molecule has 3 aromatic rings. The Bertz CT molecular complexity index is 1420. The number of hydrogen-bond donors (Lipinski definition) is 2. The number of nitrogens with zero attached hydrogens (tertiary/aromatic N) is 1. The zero-order chi connectivity index (χ0) is 26.3. The standard InChI is InChI=1S/C26H29N3O6S2/c30-26(21-8-7-9-22(20-21)28-36(31,32)24-10-3-1-4-11-24)27-16-19-35-23-12-14-25(15-13-23)37(33,34)29-17-5-2-6-18-29/h1,3-4,7-15,20,28H,2,5-6,16-19H2,(H,27,30). The Hall–Kier alpha value is -3.41. The number of sulfonamides is 2. The fraction of sp³-hybridized carbons (Fsp3) is 0.269. The fourth-order valence-corrected chi connectivity index (χ4v) is 6.52. The minimum atomic E-state index is -3.77. The average Bonchev–Trinajstić information content (AvgIpc) is 2.92. The van der Waals surface area contributed by atoms with Crippen LogP contribution in [0.2, 0.25) is 0 Å². The molecule has 3 aromatic carbocycles. The maximum Gasteiger partial charge on any atom is 0.261 e. The Morgan fingerprint density at radius 3 is 2.22 bits per heavy atom. The molecule has 2 N–H and O–H groups in total. The summed E-state index contributed by atoms with van der Waals surface area (Å²) in [6.45, 7) is 1.46. The Kier molecular flexibility index (Phi) is 8.47. The molecule has 9 nitrogen and oxygen atoms in total. The van der Waals surface area contributed by atoms with Crippen LogP contribution in [0.1, 0.15) is 29.6 Å². The third kappa shape index (κ3) is 6.88. The third-order valence-electron chi connectivity index (χ3n) is 5.86. The van der Waals surface area contributed by atoms with E-state index in [0.717, 1.165) is 19.3 Å². The minimum Gasteiger partial charge on any atom is -0.492 e. The molecule has 196 valence electrons. The molecule has 11 heteroatoms. The van der Waals surface area contributed by atoms with Crippen LogP contribution in [-0.2, 0) is 20.0 Å². The monoisotopic (exact) mass is 543 g/mol. The molecule has 1 heterocycles. The summed E-state index contributed by atoms with van der Waals surface area (Å²) in [6.07, 6.45) is 2.80. The van der Waals surface area contributed by atoms with Crippen molar-refractivity contribution in [2.45, 2.75) is 29.1 Å². The molecule has 1 aliphatic rings. The van der Waals surface area contributed by atoms with Gasteiger partial charge in [-0.15, -0.1) is 0 Å². The lowest BCUT2D eigenvalue weighted by atomic mass is 10.2. The van der Waals surface area contributed by atoms with Gasteiger partial charge in [-0.2, -0.15) is 4.31 Å². The molecule has 0 unspecified atom stereocenters. The second-order valence-corrected chi connectivity index (χ2v) is 12.2. The summed E-state index contributed by atoms with van der Waals surface area (Å²) in [7, 11) is -7.27. The molecular formula is C26H29N3O6S2. The van der Waals surface area contributed by atoms with Crippen molar-refractivity contribution in [3.05, 3.63) is 84.4 Å². The van der Waals surface area contributed by atoms with Crippen LogP contribution in [0.5, 0.6) is 5.75 Å². The van der Waals surface area contributed by atoms with Gasteiger partial charge in [0.25, 0.3) is 15.9 Å². The van der Waals surface area contributed by atoms with E-state index >= 15 is 0 Å². The molecule has 0 saturated carbocycles. The minimum absolute atomic E-state index is 0.124. The van der Waals surface area contributed by atoms with Gasteiger partial charge in [0.05, 0.1) is 16.3 Å². The Labute approximate surface area is 217 Å². The van der Waals surface area contributed by atoms with Crippen LogP contribution in [0.15, 0.2) is 88.7 Å². The molecule has 0 atom stereocenters. The molecule has 0 radical (unpaired) electrons. The second kappa shape index (κ2) is 11.8. The average molecular weight is 544 g/mol. The smallest absolute Gasteiger partial charge is 0.261 e. The van der Waals surface area contributed by atoms with Crippen molar-refractivity contribution in [3.8, 4) is 5.75 Å². The SMILES string of the molecule is O=C(NCCOc1ccc(S(=O)(=O)N2CCCCC2)cc1)c1cccc(NS(=O)(=O)c2ccccc2)c1. The van der Waals surface area contributed by atoms with Crippen LogP contribution in [0, 0.1) is 0 Å². The lowest BCUT2D eigenvalue weighted by molar-refractivity contribution is 0.0947. The summed E-state index contributed by atoms with van der Waals surface area (Å²) in [5, 5.41) is 2.73. The predicted molar refractivity (Wildman–Crippen MR) is 141 cm³/mol. The van der Waals surface area contributed by atoms with E-state index in [9.17, 15) is 21.6 Å². The van der Waals surface area contributed by atoms with Gasteiger partial charge in [0.15, 0.2) is 0 Å². The summed E-state index contributed by atoms with van der Waals surface area (Å²) >= 11 is 0. The quantitative estimate of drug-likeness (QED) is 0.378. The van der Waals surface area contributed by atoms with E-state index in [-0.39, 0.29) is 34.5 Å². The van der Waals surface area contributed by atoms with Gasteiger partial charge in [0, 0.05) is 24.3 Å². The lowest BCUT2D eigenvalue weighted by Gasteiger charge is -2.25. The number of hydrogen-bond acceptors (Lipinski definition) is 6. The number of anilines is 1. The largest absolute Gasteiger partial charge is 0.492 e. The van der Waals surface area contributed by atoms with Crippen LogP contribution in [0.25, 0.3) is 0 Å². The molecule has 4 rings (SSSR count). The van der Waals surface area contributed by atoms with Gasteiger partial charge in [0.2, 0.25) is 10.0 Å². The molecule has 1 amide bonds. The van der Waals surface area contributed by atoms with E-state index in [1.54, 1.807) is 48.5 Å². The van der Waals surface area contributed by atoms with Gasteiger partial charge in [-0.1, -0.05) is 30.7 Å². The third-order valence-corrected chi connectivity index (χ3v) is 9.17. The molecular weight excluding hydrogens is 514 g/mol. The van der Waals surface area contributed by atoms with Gasteiger partial charge < -0.3 is 10.1 Å².